The van der Waals surface area contributed by atoms with Gasteiger partial charge in [0.1, 0.15) is 12.6 Å². The number of amides is 2. The van der Waals surface area contributed by atoms with Crippen molar-refractivity contribution in [1.29, 1.82) is 0 Å². The average Bonchev–Trinajstić information content (AvgIpc) is 3.14. The fourth-order valence-electron chi connectivity index (χ4n) is 4.11. The molecule has 0 fully saturated rings. The van der Waals surface area contributed by atoms with Crippen molar-refractivity contribution in [2.45, 2.75) is 31.2 Å². The second-order valence-electron chi connectivity index (χ2n) is 8.06. The van der Waals surface area contributed by atoms with E-state index in [1.807, 2.05) is 36.4 Å². The lowest BCUT2D eigenvalue weighted by Gasteiger charge is -2.24. The predicted octanol–water partition coefficient (Wildman–Crippen LogP) is 3.25. The molecule has 8 heteroatoms. The molecule has 0 aliphatic heterocycles. The molecular weight excluding hydrogens is 424 g/mol. The number of carbonyl (C=O) groups excluding carboxylic acids is 2. The number of carbonyl (C=O) groups is 3. The molecule has 0 saturated carbocycles. The number of aliphatic carboxylic acids is 1. The van der Waals surface area contributed by atoms with Crippen LogP contribution in [0.2, 0.25) is 0 Å². The molecule has 1 unspecified atom stereocenters. The van der Waals surface area contributed by atoms with Crippen molar-refractivity contribution in [2.75, 3.05) is 33.9 Å². The third-order valence-electron chi connectivity index (χ3n) is 5.81. The number of nitrogens with one attached hydrogen (secondary N) is 1. The summed E-state index contributed by atoms with van der Waals surface area (Å²) in [6, 6.07) is 15.3. The van der Waals surface area contributed by atoms with Crippen LogP contribution in [0.3, 0.4) is 0 Å². The minimum atomic E-state index is -0.991. The average molecular weight is 455 g/mol. The Hall–Kier alpha value is -3.39. The molecule has 1 aliphatic carbocycles. The van der Waals surface area contributed by atoms with Crippen molar-refractivity contribution < 1.29 is 29.0 Å². The molecule has 33 heavy (non-hydrogen) atoms. The van der Waals surface area contributed by atoms with Gasteiger partial charge in [0.25, 0.3) is 0 Å². The molecule has 0 bridgehead atoms. The number of ether oxygens (including phenoxy) is 2. The van der Waals surface area contributed by atoms with Gasteiger partial charge in [-0.15, -0.1) is 0 Å². The molecule has 2 aromatic carbocycles. The van der Waals surface area contributed by atoms with E-state index in [-0.39, 0.29) is 31.4 Å². The van der Waals surface area contributed by atoms with Gasteiger partial charge in [-0.3, -0.25) is 9.59 Å². The minimum Gasteiger partial charge on any atom is -0.481 e. The first-order chi connectivity index (χ1) is 15.9. The van der Waals surface area contributed by atoms with Crippen LogP contribution in [0.5, 0.6) is 0 Å². The van der Waals surface area contributed by atoms with Crippen LogP contribution in [-0.2, 0) is 19.1 Å². The van der Waals surface area contributed by atoms with E-state index < -0.39 is 18.1 Å². The molecule has 0 heterocycles. The molecule has 1 atom stereocenters. The number of methoxy groups -OCH3 is 1. The van der Waals surface area contributed by atoms with Gasteiger partial charge in [-0.05, 0) is 35.1 Å². The van der Waals surface area contributed by atoms with E-state index >= 15 is 0 Å². The fraction of sp³-hybridized carbons (Fsp3) is 0.400. The summed E-state index contributed by atoms with van der Waals surface area (Å²) < 4.78 is 10.6. The first-order valence-electron chi connectivity index (χ1n) is 11.0. The zero-order valence-corrected chi connectivity index (χ0v) is 19.0. The normalized spacial score (nSPS) is 13.0. The Bertz CT molecular complexity index is 947. The van der Waals surface area contributed by atoms with Crippen molar-refractivity contribution in [3.8, 4) is 11.1 Å². The molecule has 176 valence electrons. The van der Waals surface area contributed by atoms with Gasteiger partial charge in [0.2, 0.25) is 5.91 Å². The number of fused-ring (bicyclic) bond motifs is 3. The number of hydrogen-bond acceptors (Lipinski definition) is 5. The predicted molar refractivity (Wildman–Crippen MR) is 123 cm³/mol. The van der Waals surface area contributed by atoms with Crippen LogP contribution in [0.15, 0.2) is 48.5 Å². The molecule has 0 saturated heterocycles. The Labute approximate surface area is 193 Å². The van der Waals surface area contributed by atoms with Crippen LogP contribution < -0.4 is 5.32 Å². The molecule has 0 spiro atoms. The van der Waals surface area contributed by atoms with E-state index in [9.17, 15) is 14.4 Å². The maximum Gasteiger partial charge on any atom is 0.407 e. The first-order valence-corrected chi connectivity index (χ1v) is 11.0. The van der Waals surface area contributed by atoms with Crippen LogP contribution in [0.25, 0.3) is 11.1 Å². The van der Waals surface area contributed by atoms with Crippen molar-refractivity contribution in [1.82, 2.24) is 10.2 Å². The summed E-state index contributed by atoms with van der Waals surface area (Å²) in [5.41, 5.74) is 4.48. The highest BCUT2D eigenvalue weighted by Crippen LogP contribution is 2.44. The molecular formula is C25H30N2O6. The van der Waals surface area contributed by atoms with Crippen molar-refractivity contribution in [2.24, 2.45) is 0 Å². The molecule has 2 N–H and O–H groups in total. The van der Waals surface area contributed by atoms with Gasteiger partial charge >= 0.3 is 12.1 Å². The van der Waals surface area contributed by atoms with Crippen LogP contribution in [0.4, 0.5) is 4.79 Å². The van der Waals surface area contributed by atoms with Crippen molar-refractivity contribution in [3.63, 3.8) is 0 Å². The van der Waals surface area contributed by atoms with E-state index in [1.165, 1.54) is 11.9 Å². The van der Waals surface area contributed by atoms with Crippen LogP contribution in [0.1, 0.15) is 36.3 Å². The number of likely N-dealkylation sites (N-methyl/N-ethyl adjacent to an activating group) is 1. The van der Waals surface area contributed by atoms with E-state index in [2.05, 4.69) is 17.4 Å². The number of hydrogen-bond donors (Lipinski definition) is 2. The third-order valence-corrected chi connectivity index (χ3v) is 5.81. The zero-order valence-electron chi connectivity index (χ0n) is 19.0. The molecule has 1 aliphatic rings. The monoisotopic (exact) mass is 454 g/mol. The van der Waals surface area contributed by atoms with E-state index in [4.69, 9.17) is 14.6 Å². The highest BCUT2D eigenvalue weighted by molar-refractivity contribution is 5.86. The second-order valence-corrected chi connectivity index (χ2v) is 8.06. The topological polar surface area (TPSA) is 105 Å². The number of carboxylic acid groups (broad SMARTS) is 1. The van der Waals surface area contributed by atoms with Gasteiger partial charge in [0.15, 0.2) is 0 Å². The molecule has 0 radical (unpaired) electrons. The Morgan fingerprint density at radius 2 is 1.67 bits per heavy atom. The number of benzene rings is 2. The third kappa shape index (κ3) is 6.10. The van der Waals surface area contributed by atoms with Gasteiger partial charge < -0.3 is 24.8 Å². The van der Waals surface area contributed by atoms with Crippen LogP contribution in [0, 0.1) is 0 Å². The second kappa shape index (κ2) is 11.5. The fourth-order valence-corrected chi connectivity index (χ4v) is 4.11. The number of nitrogens with zero attached hydrogens (tertiary/aromatic N) is 1. The van der Waals surface area contributed by atoms with E-state index in [0.29, 0.717) is 19.4 Å². The summed E-state index contributed by atoms with van der Waals surface area (Å²) in [6.07, 6.45) is 0.0644. The molecule has 2 aromatic rings. The van der Waals surface area contributed by atoms with E-state index in [1.54, 1.807) is 7.11 Å². The highest BCUT2D eigenvalue weighted by atomic mass is 16.5. The number of rotatable bonds is 11. The summed E-state index contributed by atoms with van der Waals surface area (Å²) in [7, 11) is 3.09. The van der Waals surface area contributed by atoms with Gasteiger partial charge in [0.05, 0.1) is 6.42 Å². The summed E-state index contributed by atoms with van der Waals surface area (Å²) in [6.45, 7) is 0.643. The molecule has 2 amide bonds. The SMILES string of the molecule is COCCCC(NC(=O)OCC1c2ccccc2-c2ccccc21)C(=O)N(C)CCC(=O)O. The first kappa shape index (κ1) is 24.3. The van der Waals surface area contributed by atoms with Crippen molar-refractivity contribution >= 4 is 18.0 Å². The largest absolute Gasteiger partial charge is 0.481 e. The standard InChI is InChI=1S/C25H30N2O6/c1-27(14-13-23(28)29)24(30)22(12-7-15-32-2)26-25(31)33-16-21-19-10-5-3-8-17(19)18-9-4-6-11-20(18)21/h3-6,8-11,21-22H,7,12-16H2,1-2H3,(H,26,31)(H,28,29). The van der Waals surface area contributed by atoms with Gasteiger partial charge in [0, 0.05) is 33.2 Å². The number of alkyl carbamates (subject to hydrolysis) is 1. The Kier molecular flexibility index (Phi) is 8.43. The molecule has 8 nitrogen and oxygen atoms in total. The Morgan fingerprint density at radius 1 is 1.06 bits per heavy atom. The maximum absolute atomic E-state index is 12.8. The highest BCUT2D eigenvalue weighted by Gasteiger charge is 2.30. The van der Waals surface area contributed by atoms with E-state index in [0.717, 1.165) is 22.3 Å². The molecule has 0 aromatic heterocycles. The lowest BCUT2D eigenvalue weighted by atomic mass is 9.98. The zero-order chi connectivity index (χ0) is 23.8. The molecule has 3 rings (SSSR count). The van der Waals surface area contributed by atoms with Crippen molar-refractivity contribution in [3.05, 3.63) is 59.7 Å². The smallest absolute Gasteiger partial charge is 0.407 e. The van der Waals surface area contributed by atoms with Crippen LogP contribution >= 0.6 is 0 Å². The summed E-state index contributed by atoms with van der Waals surface area (Å²) in [5, 5.41) is 11.5. The maximum atomic E-state index is 12.8. The summed E-state index contributed by atoms with van der Waals surface area (Å²) in [4.78, 5) is 37.6. The van der Waals surface area contributed by atoms with Gasteiger partial charge in [-0.2, -0.15) is 0 Å². The Balaban J connectivity index is 1.64. The quantitative estimate of drug-likeness (QED) is 0.505. The van der Waals surface area contributed by atoms with Crippen LogP contribution in [-0.4, -0.2) is 67.9 Å². The Morgan fingerprint density at radius 3 is 2.24 bits per heavy atom. The lowest BCUT2D eigenvalue weighted by Crippen LogP contribution is -2.48. The summed E-state index contributed by atoms with van der Waals surface area (Å²) in [5.74, 6) is -1.43. The number of carboxylic acids is 1. The van der Waals surface area contributed by atoms with Gasteiger partial charge in [-0.25, -0.2) is 4.79 Å². The van der Waals surface area contributed by atoms with Gasteiger partial charge in [-0.1, -0.05) is 48.5 Å². The minimum absolute atomic E-state index is 0.0569. The lowest BCUT2D eigenvalue weighted by molar-refractivity contribution is -0.138. The summed E-state index contributed by atoms with van der Waals surface area (Å²) >= 11 is 0.